The minimum Gasteiger partial charge on any atom is -0.388 e. The maximum Gasteiger partial charge on any atom is 0.434 e. The van der Waals surface area contributed by atoms with E-state index in [1.165, 1.54) is 6.07 Å². The van der Waals surface area contributed by atoms with Crippen molar-refractivity contribution in [2.75, 3.05) is 0 Å². The SMILES string of the molecule is O=c1[nH]nc(-c2c(F)cccc2F)o1. The summed E-state index contributed by atoms with van der Waals surface area (Å²) in [7, 11) is 0. The van der Waals surface area contributed by atoms with Crippen molar-refractivity contribution in [1.82, 2.24) is 10.2 Å². The van der Waals surface area contributed by atoms with Crippen LogP contribution in [0.5, 0.6) is 0 Å². The second kappa shape index (κ2) is 3.06. The summed E-state index contributed by atoms with van der Waals surface area (Å²) in [4.78, 5) is 10.6. The number of hydrogen-bond donors (Lipinski definition) is 1. The van der Waals surface area contributed by atoms with Gasteiger partial charge in [-0.15, -0.1) is 5.10 Å². The standard InChI is InChI=1S/C8H4F2N2O2/c9-4-2-1-3-5(10)6(4)7-11-12-8(13)14-7/h1-3H,(H,12,13). The second-order valence-corrected chi connectivity index (χ2v) is 2.51. The van der Waals surface area contributed by atoms with Crippen molar-refractivity contribution in [2.45, 2.75) is 0 Å². The Balaban J connectivity index is 2.67. The molecule has 14 heavy (non-hydrogen) atoms. The lowest BCUT2D eigenvalue weighted by molar-refractivity contribution is 0.511. The number of H-pyrrole nitrogens is 1. The van der Waals surface area contributed by atoms with Crippen LogP contribution < -0.4 is 5.76 Å². The molecule has 0 amide bonds. The van der Waals surface area contributed by atoms with Crippen LogP contribution in [0.3, 0.4) is 0 Å². The van der Waals surface area contributed by atoms with E-state index >= 15 is 0 Å². The summed E-state index contributed by atoms with van der Waals surface area (Å²) in [5.74, 6) is -2.92. The number of rotatable bonds is 1. The van der Waals surface area contributed by atoms with Crippen LogP contribution in [-0.2, 0) is 0 Å². The van der Waals surface area contributed by atoms with E-state index in [1.807, 2.05) is 5.10 Å². The molecule has 0 aliphatic rings. The van der Waals surface area contributed by atoms with Gasteiger partial charge in [-0.3, -0.25) is 0 Å². The van der Waals surface area contributed by atoms with Gasteiger partial charge in [-0.1, -0.05) is 6.07 Å². The molecule has 2 rings (SSSR count). The number of nitrogens with zero attached hydrogens (tertiary/aromatic N) is 1. The van der Waals surface area contributed by atoms with Gasteiger partial charge in [0, 0.05) is 0 Å². The highest BCUT2D eigenvalue weighted by Crippen LogP contribution is 2.22. The van der Waals surface area contributed by atoms with E-state index in [2.05, 4.69) is 9.52 Å². The monoisotopic (exact) mass is 198 g/mol. The molecule has 1 aromatic heterocycles. The van der Waals surface area contributed by atoms with Gasteiger partial charge in [0.1, 0.15) is 17.2 Å². The molecule has 0 bridgehead atoms. The Hall–Kier alpha value is -1.98. The van der Waals surface area contributed by atoms with Gasteiger partial charge in [0.2, 0.25) is 0 Å². The first kappa shape index (κ1) is 8.61. The number of hydrogen-bond acceptors (Lipinski definition) is 3. The first-order valence-corrected chi connectivity index (χ1v) is 3.68. The van der Waals surface area contributed by atoms with Crippen LogP contribution in [-0.4, -0.2) is 10.2 Å². The molecule has 0 atom stereocenters. The van der Waals surface area contributed by atoms with E-state index in [4.69, 9.17) is 0 Å². The largest absolute Gasteiger partial charge is 0.434 e. The van der Waals surface area contributed by atoms with E-state index in [-0.39, 0.29) is 0 Å². The number of halogens is 2. The summed E-state index contributed by atoms with van der Waals surface area (Å²) in [6.07, 6.45) is 0. The van der Waals surface area contributed by atoms with Gasteiger partial charge in [0.05, 0.1) is 0 Å². The van der Waals surface area contributed by atoms with Gasteiger partial charge in [-0.05, 0) is 12.1 Å². The van der Waals surface area contributed by atoms with Gasteiger partial charge in [-0.25, -0.2) is 18.7 Å². The molecule has 1 aromatic carbocycles. The van der Waals surface area contributed by atoms with Crippen LogP contribution >= 0.6 is 0 Å². The fraction of sp³-hybridized carbons (Fsp3) is 0. The topological polar surface area (TPSA) is 58.9 Å². The third-order valence-corrected chi connectivity index (χ3v) is 1.61. The highest BCUT2D eigenvalue weighted by molar-refractivity contribution is 5.54. The third kappa shape index (κ3) is 1.30. The Morgan fingerprint density at radius 1 is 1.29 bits per heavy atom. The van der Waals surface area contributed by atoms with E-state index in [0.717, 1.165) is 12.1 Å². The van der Waals surface area contributed by atoms with Crippen LogP contribution in [0, 0.1) is 11.6 Å². The molecule has 1 heterocycles. The molecule has 2 aromatic rings. The smallest absolute Gasteiger partial charge is 0.388 e. The van der Waals surface area contributed by atoms with E-state index in [0.29, 0.717) is 0 Å². The van der Waals surface area contributed by atoms with Crippen molar-refractivity contribution in [1.29, 1.82) is 0 Å². The van der Waals surface area contributed by atoms with Gasteiger partial charge >= 0.3 is 5.76 Å². The third-order valence-electron chi connectivity index (χ3n) is 1.61. The van der Waals surface area contributed by atoms with Crippen LogP contribution in [0.15, 0.2) is 27.4 Å². The molecule has 72 valence electrons. The van der Waals surface area contributed by atoms with Crippen molar-refractivity contribution >= 4 is 0 Å². The number of benzene rings is 1. The molecular weight excluding hydrogens is 194 g/mol. The van der Waals surface area contributed by atoms with Crippen LogP contribution in [0.4, 0.5) is 8.78 Å². The van der Waals surface area contributed by atoms with E-state index in [1.54, 1.807) is 0 Å². The van der Waals surface area contributed by atoms with Crippen molar-refractivity contribution in [2.24, 2.45) is 0 Å². The van der Waals surface area contributed by atoms with Crippen molar-refractivity contribution in [3.8, 4) is 11.5 Å². The Labute approximate surface area is 76.2 Å². The fourth-order valence-electron chi connectivity index (χ4n) is 1.04. The average molecular weight is 198 g/mol. The number of nitrogens with one attached hydrogen (secondary N) is 1. The van der Waals surface area contributed by atoms with Crippen molar-refractivity contribution in [3.05, 3.63) is 40.4 Å². The summed E-state index contributed by atoms with van der Waals surface area (Å²) in [6.45, 7) is 0. The Morgan fingerprint density at radius 2 is 1.93 bits per heavy atom. The molecule has 0 aliphatic carbocycles. The van der Waals surface area contributed by atoms with E-state index in [9.17, 15) is 13.6 Å². The highest BCUT2D eigenvalue weighted by Gasteiger charge is 2.15. The average Bonchev–Trinajstić information content (AvgIpc) is 2.51. The van der Waals surface area contributed by atoms with Gasteiger partial charge < -0.3 is 4.42 Å². The molecule has 4 nitrogen and oxygen atoms in total. The summed E-state index contributed by atoms with van der Waals surface area (Å²) >= 11 is 0. The summed E-state index contributed by atoms with van der Waals surface area (Å²) < 4.78 is 30.6. The van der Waals surface area contributed by atoms with Crippen LogP contribution in [0.2, 0.25) is 0 Å². The molecular formula is C8H4F2N2O2. The lowest BCUT2D eigenvalue weighted by Gasteiger charge is -1.97. The number of aromatic amines is 1. The molecule has 0 aliphatic heterocycles. The summed E-state index contributed by atoms with van der Waals surface area (Å²) in [5, 5.41) is 5.24. The lowest BCUT2D eigenvalue weighted by Crippen LogP contribution is -1.93. The predicted octanol–water partition coefficient (Wildman–Crippen LogP) is 1.31. The molecule has 0 radical (unpaired) electrons. The molecule has 0 saturated heterocycles. The highest BCUT2D eigenvalue weighted by atomic mass is 19.1. The molecule has 0 fully saturated rings. The van der Waals surface area contributed by atoms with Gasteiger partial charge in [-0.2, -0.15) is 0 Å². The first-order valence-electron chi connectivity index (χ1n) is 3.68. The Bertz CT molecular complexity index is 498. The minimum atomic E-state index is -0.859. The normalized spacial score (nSPS) is 10.4. The van der Waals surface area contributed by atoms with Crippen molar-refractivity contribution in [3.63, 3.8) is 0 Å². The van der Waals surface area contributed by atoms with Gasteiger partial charge in [0.15, 0.2) is 0 Å². The van der Waals surface area contributed by atoms with Crippen LogP contribution in [0.25, 0.3) is 11.5 Å². The maximum absolute atomic E-state index is 13.1. The van der Waals surface area contributed by atoms with E-state index < -0.39 is 28.8 Å². The fourth-order valence-corrected chi connectivity index (χ4v) is 1.04. The quantitative estimate of drug-likeness (QED) is 0.751. The molecule has 6 heteroatoms. The zero-order chi connectivity index (χ0) is 10.1. The summed E-state index contributed by atoms with van der Waals surface area (Å²) in [6, 6.07) is 3.30. The Kier molecular flexibility index (Phi) is 1.88. The molecule has 0 spiro atoms. The van der Waals surface area contributed by atoms with Crippen molar-refractivity contribution < 1.29 is 13.2 Å². The lowest BCUT2D eigenvalue weighted by atomic mass is 10.2. The van der Waals surface area contributed by atoms with Gasteiger partial charge in [0.25, 0.3) is 5.89 Å². The second-order valence-electron chi connectivity index (χ2n) is 2.51. The Morgan fingerprint density at radius 3 is 2.43 bits per heavy atom. The molecule has 1 N–H and O–H groups in total. The zero-order valence-electron chi connectivity index (χ0n) is 6.75. The minimum absolute atomic E-state index is 0.398. The maximum atomic E-state index is 13.1. The molecule has 0 saturated carbocycles. The zero-order valence-corrected chi connectivity index (χ0v) is 6.75. The first-order chi connectivity index (χ1) is 6.68. The van der Waals surface area contributed by atoms with Crippen LogP contribution in [0.1, 0.15) is 0 Å². The predicted molar refractivity (Wildman–Crippen MR) is 42.5 cm³/mol. The summed E-state index contributed by atoms with van der Waals surface area (Å²) in [5.41, 5.74) is -0.453. The molecule has 0 unspecified atom stereocenters. The number of aromatic nitrogens is 2.